The van der Waals surface area contributed by atoms with Crippen LogP contribution in [0.5, 0.6) is 0 Å². The average molecular weight is 793 g/mol. The second-order valence-corrected chi connectivity index (χ2v) is 15.1. The van der Waals surface area contributed by atoms with Crippen molar-refractivity contribution in [3.8, 4) is 11.3 Å². The minimum atomic E-state index is -0.417. The third-order valence-electron chi connectivity index (χ3n) is 7.75. The van der Waals surface area contributed by atoms with E-state index in [2.05, 4.69) is 92.7 Å². The zero-order valence-electron chi connectivity index (χ0n) is 27.4. The van der Waals surface area contributed by atoms with Gasteiger partial charge in [-0.2, -0.15) is 0 Å². The number of benzene rings is 4. The molecule has 0 aliphatic carbocycles. The summed E-state index contributed by atoms with van der Waals surface area (Å²) in [5.41, 5.74) is 3.80. The fraction of sp³-hybridized carbons (Fsp3) is 0.300. The van der Waals surface area contributed by atoms with Crippen molar-refractivity contribution in [3.63, 3.8) is 0 Å². The number of allylic oxidation sites excluding steroid dienone is 2. The Morgan fingerprint density at radius 1 is 0.889 bits per heavy atom. The summed E-state index contributed by atoms with van der Waals surface area (Å²) >= 11 is 1.84. The standard InChI is InChI=1S/C29H22NS.C11H20O2.Ir/c1-18(2)16-19-14-15-25-24(17-19)27-23-11-5-6-13-26(23)31-29(27)28(30-25)22-12-7-9-20-8-3-4-10-21(20)22;1-10(2,3)8(12)7-9(13)11(4,5)6;/h3-11,13-15,17-18H,16H2,1-2H3;7,12H,1-6H3;/q-1;;/b;8-7-;. The van der Waals surface area contributed by atoms with Crippen LogP contribution in [0.4, 0.5) is 0 Å². The van der Waals surface area contributed by atoms with Crippen molar-refractivity contribution < 1.29 is 30.0 Å². The van der Waals surface area contributed by atoms with Crippen molar-refractivity contribution in [2.45, 2.75) is 61.8 Å². The van der Waals surface area contributed by atoms with Gasteiger partial charge < -0.3 is 5.11 Å². The summed E-state index contributed by atoms with van der Waals surface area (Å²) in [6, 6.07) is 31.7. The van der Waals surface area contributed by atoms with Gasteiger partial charge >= 0.3 is 0 Å². The van der Waals surface area contributed by atoms with Gasteiger partial charge in [0.25, 0.3) is 0 Å². The van der Waals surface area contributed by atoms with Crippen molar-refractivity contribution in [1.29, 1.82) is 0 Å². The summed E-state index contributed by atoms with van der Waals surface area (Å²) in [6.07, 6.45) is 2.42. The molecule has 2 aromatic heterocycles. The molecular formula is C40H42IrNO2S-. The molecule has 6 rings (SSSR count). The second-order valence-electron chi connectivity index (χ2n) is 14.0. The largest absolute Gasteiger partial charge is 0.512 e. The molecule has 2 heterocycles. The van der Waals surface area contributed by atoms with Crippen LogP contribution < -0.4 is 0 Å². The minimum Gasteiger partial charge on any atom is -0.512 e. The molecule has 3 nitrogen and oxygen atoms in total. The van der Waals surface area contributed by atoms with Gasteiger partial charge in [-0.15, -0.1) is 40.5 Å². The van der Waals surface area contributed by atoms with E-state index in [9.17, 15) is 9.90 Å². The predicted octanol–water partition coefficient (Wildman–Crippen LogP) is 11.5. The Labute approximate surface area is 284 Å². The number of ketones is 1. The molecule has 0 unspecified atom stereocenters. The number of aromatic nitrogens is 1. The molecular weight excluding hydrogens is 751 g/mol. The zero-order valence-corrected chi connectivity index (χ0v) is 30.6. The maximum atomic E-state index is 11.5. The summed E-state index contributed by atoms with van der Waals surface area (Å²) < 4.78 is 2.56. The maximum Gasteiger partial charge on any atom is 0.164 e. The first-order valence-corrected chi connectivity index (χ1v) is 16.1. The summed E-state index contributed by atoms with van der Waals surface area (Å²) in [5.74, 6) is 0.733. The van der Waals surface area contributed by atoms with Crippen LogP contribution in [0.3, 0.4) is 0 Å². The van der Waals surface area contributed by atoms with E-state index in [4.69, 9.17) is 4.98 Å². The van der Waals surface area contributed by atoms with Gasteiger partial charge in [0.2, 0.25) is 0 Å². The van der Waals surface area contributed by atoms with Crippen LogP contribution in [-0.2, 0) is 31.3 Å². The zero-order chi connectivity index (χ0) is 31.8. The Morgan fingerprint density at radius 2 is 1.56 bits per heavy atom. The van der Waals surface area contributed by atoms with E-state index in [0.717, 1.165) is 23.2 Å². The Bertz CT molecular complexity index is 2020. The van der Waals surface area contributed by atoms with E-state index >= 15 is 0 Å². The molecule has 0 fully saturated rings. The fourth-order valence-corrected chi connectivity index (χ4v) is 6.43. The van der Waals surface area contributed by atoms with Gasteiger partial charge in [0.05, 0.1) is 5.52 Å². The van der Waals surface area contributed by atoms with Crippen molar-refractivity contribution in [2.24, 2.45) is 16.7 Å². The van der Waals surface area contributed by atoms with Crippen molar-refractivity contribution in [2.75, 3.05) is 0 Å². The number of carbonyl (C=O) groups excluding carboxylic acids is 1. The molecule has 4 aromatic carbocycles. The molecule has 0 saturated heterocycles. The van der Waals surface area contributed by atoms with E-state index in [1.165, 1.54) is 48.0 Å². The van der Waals surface area contributed by atoms with Crippen LogP contribution in [0.1, 0.15) is 61.0 Å². The number of fused-ring (bicyclic) bond motifs is 6. The third kappa shape index (κ3) is 7.55. The second kappa shape index (κ2) is 13.5. The maximum absolute atomic E-state index is 11.5. The summed E-state index contributed by atoms with van der Waals surface area (Å²) in [7, 11) is 0. The van der Waals surface area contributed by atoms with Gasteiger partial charge in [-0.3, -0.25) is 9.78 Å². The number of nitrogens with zero attached hydrogens (tertiary/aromatic N) is 1. The molecule has 0 aliphatic rings. The molecule has 1 N–H and O–H groups in total. The normalized spacial score (nSPS) is 12.4. The Hall–Kier alpha value is -3.37. The summed E-state index contributed by atoms with van der Waals surface area (Å²) in [5, 5.41) is 15.9. The van der Waals surface area contributed by atoms with Gasteiger partial charge in [-0.1, -0.05) is 109 Å². The van der Waals surface area contributed by atoms with Gasteiger partial charge in [0.1, 0.15) is 5.76 Å². The number of thiophene rings is 1. The minimum absolute atomic E-state index is 0. The van der Waals surface area contributed by atoms with Crippen LogP contribution in [0.15, 0.2) is 90.7 Å². The fourth-order valence-electron chi connectivity index (χ4n) is 5.22. The summed E-state index contributed by atoms with van der Waals surface area (Å²) in [4.78, 5) is 16.7. The average Bonchev–Trinajstić information content (AvgIpc) is 3.36. The molecule has 235 valence electrons. The number of aliphatic hydroxyl groups is 1. The van der Waals surface area contributed by atoms with E-state index in [-0.39, 0.29) is 37.1 Å². The smallest absolute Gasteiger partial charge is 0.164 e. The Morgan fingerprint density at radius 3 is 2.22 bits per heavy atom. The molecule has 0 atom stereocenters. The number of carbonyl (C=O) groups is 1. The SMILES string of the molecule is CC(C)(C)C(=O)/C=C(\O)C(C)(C)C.CC(C)Cc1ccc2nc(-c3[c-]ccc4ccccc34)c3sc4ccccc4c3c2c1.[Ir]. The van der Waals surface area contributed by atoms with Crippen LogP contribution in [0.2, 0.25) is 0 Å². The quantitative estimate of drug-likeness (QED) is 0.110. The van der Waals surface area contributed by atoms with Gasteiger partial charge in [-0.05, 0) is 36.1 Å². The monoisotopic (exact) mass is 793 g/mol. The van der Waals surface area contributed by atoms with Crippen molar-refractivity contribution in [1.82, 2.24) is 4.98 Å². The number of pyridine rings is 1. The molecule has 5 heteroatoms. The van der Waals surface area contributed by atoms with Crippen LogP contribution in [0, 0.1) is 22.8 Å². The topological polar surface area (TPSA) is 50.2 Å². The number of aliphatic hydroxyl groups excluding tert-OH is 1. The van der Waals surface area contributed by atoms with E-state index in [0.29, 0.717) is 5.92 Å². The van der Waals surface area contributed by atoms with E-state index in [1.54, 1.807) is 0 Å². The van der Waals surface area contributed by atoms with Crippen molar-refractivity contribution >= 4 is 59.0 Å². The van der Waals surface area contributed by atoms with Gasteiger partial charge in [0.15, 0.2) is 5.78 Å². The molecule has 1 radical (unpaired) electrons. The Balaban J connectivity index is 0.000000283. The number of rotatable bonds is 4. The number of hydrogen-bond acceptors (Lipinski definition) is 4. The molecule has 0 amide bonds. The molecule has 6 aromatic rings. The number of hydrogen-bond donors (Lipinski definition) is 1. The predicted molar refractivity (Wildman–Crippen MR) is 190 cm³/mol. The summed E-state index contributed by atoms with van der Waals surface area (Å²) in [6.45, 7) is 15.7. The van der Waals surface area contributed by atoms with E-state index < -0.39 is 5.41 Å². The van der Waals surface area contributed by atoms with E-state index in [1.807, 2.05) is 58.9 Å². The van der Waals surface area contributed by atoms with Gasteiger partial charge in [-0.25, -0.2) is 0 Å². The molecule has 0 spiro atoms. The van der Waals surface area contributed by atoms with Crippen LogP contribution in [-0.4, -0.2) is 15.9 Å². The molecule has 0 bridgehead atoms. The first-order valence-electron chi connectivity index (χ1n) is 15.3. The molecule has 0 aliphatic heterocycles. The molecule has 0 saturated carbocycles. The van der Waals surface area contributed by atoms with Crippen LogP contribution >= 0.6 is 11.3 Å². The van der Waals surface area contributed by atoms with Gasteiger partial charge in [0, 0.05) is 68.3 Å². The third-order valence-corrected chi connectivity index (χ3v) is 8.93. The Kier molecular flexibility index (Phi) is 10.4. The van der Waals surface area contributed by atoms with Crippen LogP contribution in [0.25, 0.3) is 53.1 Å². The first-order chi connectivity index (χ1) is 20.7. The molecule has 45 heavy (non-hydrogen) atoms. The van der Waals surface area contributed by atoms with Crippen molar-refractivity contribution in [3.05, 3.63) is 102 Å². The first kappa shape index (κ1) is 34.5.